The van der Waals surface area contributed by atoms with Crippen molar-refractivity contribution in [2.45, 2.75) is 58.6 Å². The molecule has 27 heavy (non-hydrogen) atoms. The molecule has 4 nitrogen and oxygen atoms in total. The van der Waals surface area contributed by atoms with E-state index in [2.05, 4.69) is 50.4 Å². The molecule has 0 spiro atoms. The molecule has 2 rings (SSSR count). The minimum absolute atomic E-state index is 0.0833. The van der Waals surface area contributed by atoms with Crippen molar-refractivity contribution >= 4 is 5.91 Å². The summed E-state index contributed by atoms with van der Waals surface area (Å²) in [5.74, 6) is 1.30. The van der Waals surface area contributed by atoms with E-state index in [1.54, 1.807) is 7.11 Å². The van der Waals surface area contributed by atoms with E-state index in [4.69, 9.17) is 9.47 Å². The Morgan fingerprint density at radius 1 is 1.00 bits per heavy atom. The monoisotopic (exact) mass is 369 g/mol. The van der Waals surface area contributed by atoms with Crippen LogP contribution in [0, 0.1) is 0 Å². The average molecular weight is 370 g/mol. The Labute approximate surface area is 162 Å². The van der Waals surface area contributed by atoms with Crippen LogP contribution in [0.25, 0.3) is 0 Å². The van der Waals surface area contributed by atoms with E-state index >= 15 is 0 Å². The molecule has 2 aromatic rings. The molecule has 1 N–H and O–H groups in total. The quantitative estimate of drug-likeness (QED) is 0.745. The molecular formula is C23H31NO3. The summed E-state index contributed by atoms with van der Waals surface area (Å²) in [7, 11) is 1.62. The van der Waals surface area contributed by atoms with Crippen LogP contribution in [0.5, 0.6) is 11.5 Å². The first-order chi connectivity index (χ1) is 12.7. The largest absolute Gasteiger partial charge is 0.497 e. The Morgan fingerprint density at radius 2 is 1.56 bits per heavy atom. The van der Waals surface area contributed by atoms with E-state index in [1.165, 1.54) is 5.56 Å². The standard InChI is InChI=1S/C23H31NO3/c1-7-21(27-20-14-12-19(26-6)13-15-20)22(25)24-16(2)17-8-10-18(11-9-17)23(3,4)5/h8-16,21H,7H2,1-6H3,(H,24,25)/t16-,21-/m1/s1. The maximum atomic E-state index is 12.7. The zero-order valence-electron chi connectivity index (χ0n) is 17.2. The van der Waals surface area contributed by atoms with E-state index in [0.717, 1.165) is 11.3 Å². The third kappa shape index (κ3) is 5.75. The van der Waals surface area contributed by atoms with Gasteiger partial charge in [-0.2, -0.15) is 0 Å². The summed E-state index contributed by atoms with van der Waals surface area (Å²) < 4.78 is 11.0. The summed E-state index contributed by atoms with van der Waals surface area (Å²) in [6.07, 6.45) is 0.0581. The molecule has 2 aromatic carbocycles. The first kappa shape index (κ1) is 20.8. The van der Waals surface area contributed by atoms with E-state index in [0.29, 0.717) is 12.2 Å². The van der Waals surface area contributed by atoms with Crippen LogP contribution < -0.4 is 14.8 Å². The van der Waals surface area contributed by atoms with Crippen molar-refractivity contribution in [3.63, 3.8) is 0 Å². The number of carbonyl (C=O) groups excluding carboxylic acids is 1. The Morgan fingerprint density at radius 3 is 2.04 bits per heavy atom. The summed E-state index contributed by atoms with van der Waals surface area (Å²) >= 11 is 0. The molecular weight excluding hydrogens is 338 g/mol. The zero-order chi connectivity index (χ0) is 20.0. The van der Waals surface area contributed by atoms with Crippen LogP contribution in [0.2, 0.25) is 0 Å². The van der Waals surface area contributed by atoms with Crippen molar-refractivity contribution in [3.8, 4) is 11.5 Å². The number of methoxy groups -OCH3 is 1. The van der Waals surface area contributed by atoms with Gasteiger partial charge >= 0.3 is 0 Å². The van der Waals surface area contributed by atoms with Gasteiger partial charge in [0.05, 0.1) is 13.2 Å². The molecule has 0 saturated carbocycles. The van der Waals surface area contributed by atoms with Crippen molar-refractivity contribution in [1.82, 2.24) is 5.32 Å². The number of benzene rings is 2. The summed E-state index contributed by atoms with van der Waals surface area (Å²) in [5.41, 5.74) is 2.47. The van der Waals surface area contributed by atoms with Gasteiger partial charge in [-0.15, -0.1) is 0 Å². The predicted octanol–water partition coefficient (Wildman–Crippen LogP) is 5.03. The van der Waals surface area contributed by atoms with E-state index in [9.17, 15) is 4.79 Å². The second-order valence-electron chi connectivity index (χ2n) is 7.79. The molecule has 1 amide bonds. The molecule has 0 bridgehead atoms. The molecule has 2 atom stereocenters. The minimum Gasteiger partial charge on any atom is -0.497 e. The molecule has 0 aromatic heterocycles. The molecule has 0 aliphatic carbocycles. The molecule has 4 heteroatoms. The van der Waals surface area contributed by atoms with Crippen molar-refractivity contribution in [2.75, 3.05) is 7.11 Å². The highest BCUT2D eigenvalue weighted by molar-refractivity contribution is 5.81. The summed E-state index contributed by atoms with van der Waals surface area (Å²) in [6.45, 7) is 10.5. The fraction of sp³-hybridized carbons (Fsp3) is 0.435. The number of ether oxygens (including phenoxy) is 2. The van der Waals surface area contributed by atoms with E-state index < -0.39 is 6.10 Å². The second kappa shape index (κ2) is 8.94. The number of hydrogen-bond acceptors (Lipinski definition) is 3. The Balaban J connectivity index is 2.00. The smallest absolute Gasteiger partial charge is 0.261 e. The van der Waals surface area contributed by atoms with Crippen LogP contribution in [0.15, 0.2) is 48.5 Å². The lowest BCUT2D eigenvalue weighted by molar-refractivity contribution is -0.128. The maximum Gasteiger partial charge on any atom is 0.261 e. The van der Waals surface area contributed by atoms with Gasteiger partial charge in [0.25, 0.3) is 5.91 Å². The molecule has 0 heterocycles. The first-order valence-corrected chi connectivity index (χ1v) is 9.46. The number of hydrogen-bond donors (Lipinski definition) is 1. The summed E-state index contributed by atoms with van der Waals surface area (Å²) in [4.78, 5) is 12.7. The van der Waals surface area contributed by atoms with Crippen LogP contribution in [0.1, 0.15) is 58.2 Å². The number of carbonyl (C=O) groups is 1. The fourth-order valence-corrected chi connectivity index (χ4v) is 2.80. The van der Waals surface area contributed by atoms with Gasteiger partial charge in [0, 0.05) is 0 Å². The average Bonchev–Trinajstić information content (AvgIpc) is 2.65. The van der Waals surface area contributed by atoms with Crippen LogP contribution in [0.4, 0.5) is 0 Å². The normalized spacial score (nSPS) is 13.6. The number of amides is 1. The molecule has 0 fully saturated rings. The van der Waals surface area contributed by atoms with Gasteiger partial charge in [-0.05, 0) is 54.2 Å². The summed E-state index contributed by atoms with van der Waals surface area (Å²) in [5, 5.41) is 3.06. The van der Waals surface area contributed by atoms with E-state index in [-0.39, 0.29) is 17.4 Å². The number of nitrogens with one attached hydrogen (secondary N) is 1. The lowest BCUT2D eigenvalue weighted by Crippen LogP contribution is -2.39. The Hall–Kier alpha value is -2.49. The van der Waals surface area contributed by atoms with Gasteiger partial charge in [-0.25, -0.2) is 0 Å². The van der Waals surface area contributed by atoms with E-state index in [1.807, 2.05) is 38.1 Å². The Kier molecular flexibility index (Phi) is 6.89. The lowest BCUT2D eigenvalue weighted by Gasteiger charge is -2.22. The van der Waals surface area contributed by atoms with Crippen molar-refractivity contribution in [1.29, 1.82) is 0 Å². The Bertz CT molecular complexity index is 730. The number of rotatable bonds is 7. The molecule has 0 radical (unpaired) electrons. The SMILES string of the molecule is CC[C@@H](Oc1ccc(OC)cc1)C(=O)N[C@H](C)c1ccc(C(C)(C)C)cc1. The lowest BCUT2D eigenvalue weighted by atomic mass is 9.86. The van der Waals surface area contributed by atoms with Gasteiger partial charge in [-0.3, -0.25) is 4.79 Å². The topological polar surface area (TPSA) is 47.6 Å². The van der Waals surface area contributed by atoms with Gasteiger partial charge in [0.1, 0.15) is 11.5 Å². The van der Waals surface area contributed by atoms with Crippen LogP contribution in [-0.4, -0.2) is 19.1 Å². The summed E-state index contributed by atoms with van der Waals surface area (Å²) in [6, 6.07) is 15.6. The third-order valence-corrected chi connectivity index (χ3v) is 4.64. The molecule has 0 aliphatic heterocycles. The molecule has 146 valence electrons. The zero-order valence-corrected chi connectivity index (χ0v) is 17.2. The van der Waals surface area contributed by atoms with Crippen molar-refractivity contribution < 1.29 is 14.3 Å². The highest BCUT2D eigenvalue weighted by Gasteiger charge is 2.21. The van der Waals surface area contributed by atoms with Crippen molar-refractivity contribution in [3.05, 3.63) is 59.7 Å². The fourth-order valence-electron chi connectivity index (χ4n) is 2.80. The van der Waals surface area contributed by atoms with Crippen molar-refractivity contribution in [2.24, 2.45) is 0 Å². The highest BCUT2D eigenvalue weighted by atomic mass is 16.5. The van der Waals surface area contributed by atoms with Crippen LogP contribution >= 0.6 is 0 Å². The molecule has 0 saturated heterocycles. The minimum atomic E-state index is -0.533. The molecule has 0 unspecified atom stereocenters. The van der Waals surface area contributed by atoms with Gasteiger partial charge < -0.3 is 14.8 Å². The van der Waals surface area contributed by atoms with Gasteiger partial charge in [-0.1, -0.05) is 52.0 Å². The van der Waals surface area contributed by atoms with Crippen LogP contribution in [-0.2, 0) is 10.2 Å². The van der Waals surface area contributed by atoms with Gasteiger partial charge in [0.2, 0.25) is 0 Å². The van der Waals surface area contributed by atoms with Gasteiger partial charge in [0.15, 0.2) is 6.10 Å². The maximum absolute atomic E-state index is 12.7. The second-order valence-corrected chi connectivity index (χ2v) is 7.79. The third-order valence-electron chi connectivity index (χ3n) is 4.64. The van der Waals surface area contributed by atoms with Crippen LogP contribution in [0.3, 0.4) is 0 Å². The highest BCUT2D eigenvalue weighted by Crippen LogP contribution is 2.24. The first-order valence-electron chi connectivity index (χ1n) is 9.46. The molecule has 0 aliphatic rings. The predicted molar refractivity (Wildman–Crippen MR) is 109 cm³/mol.